The molecule has 4 amide bonds. The molecule has 0 bridgehead atoms. The number of hydrogen-bond donors (Lipinski definition) is 2. The van der Waals surface area contributed by atoms with E-state index in [1.54, 1.807) is 24.3 Å². The molecule has 2 aliphatic rings. The van der Waals surface area contributed by atoms with Crippen molar-refractivity contribution >= 4 is 35.5 Å². The number of nitrogens with zero attached hydrogens (tertiary/aromatic N) is 4. The van der Waals surface area contributed by atoms with Crippen LogP contribution in [0, 0.1) is 0 Å². The molecule has 3 aromatic rings. The van der Waals surface area contributed by atoms with Crippen molar-refractivity contribution in [1.82, 2.24) is 19.7 Å². The average Bonchev–Trinajstić information content (AvgIpc) is 3.27. The van der Waals surface area contributed by atoms with Gasteiger partial charge in [0.15, 0.2) is 0 Å². The van der Waals surface area contributed by atoms with Crippen molar-refractivity contribution in [3.05, 3.63) is 71.3 Å². The van der Waals surface area contributed by atoms with Crippen LogP contribution in [0.3, 0.4) is 0 Å². The van der Waals surface area contributed by atoms with Gasteiger partial charge in [-0.2, -0.15) is 4.98 Å². The second-order valence-electron chi connectivity index (χ2n) is 7.17. The second-order valence-corrected chi connectivity index (χ2v) is 7.17. The normalized spacial score (nSPS) is 17.2. The number of amides is 4. The van der Waals surface area contributed by atoms with E-state index in [0.717, 1.165) is 10.5 Å². The zero-order valence-corrected chi connectivity index (χ0v) is 16.1. The van der Waals surface area contributed by atoms with Gasteiger partial charge < -0.3 is 0 Å². The Labute approximate surface area is 175 Å². The number of aromatic nitrogens is 3. The van der Waals surface area contributed by atoms with Crippen molar-refractivity contribution in [3.8, 4) is 0 Å². The second kappa shape index (κ2) is 7.17. The Morgan fingerprint density at radius 3 is 2.32 bits per heavy atom. The van der Waals surface area contributed by atoms with Gasteiger partial charge in [-0.1, -0.05) is 42.5 Å². The Bertz CT molecular complexity index is 1200. The van der Waals surface area contributed by atoms with Gasteiger partial charge in [0.1, 0.15) is 6.54 Å². The molecular formula is C21H16N6O4. The summed E-state index contributed by atoms with van der Waals surface area (Å²) in [6.45, 7) is -0.468. The molecule has 0 saturated heterocycles. The van der Waals surface area contributed by atoms with Crippen LogP contribution in [0.1, 0.15) is 38.7 Å². The summed E-state index contributed by atoms with van der Waals surface area (Å²) in [4.78, 5) is 54.5. The lowest BCUT2D eigenvalue weighted by Crippen LogP contribution is -2.37. The number of nitrogens with one attached hydrogen (secondary N) is 2. The van der Waals surface area contributed by atoms with Crippen molar-refractivity contribution in [2.24, 2.45) is 0 Å². The first-order valence-corrected chi connectivity index (χ1v) is 9.57. The van der Waals surface area contributed by atoms with Crippen molar-refractivity contribution in [3.63, 3.8) is 0 Å². The molecule has 0 unspecified atom stereocenters. The van der Waals surface area contributed by atoms with E-state index in [1.165, 1.54) is 4.68 Å². The molecule has 154 valence electrons. The molecule has 1 aromatic heterocycles. The van der Waals surface area contributed by atoms with E-state index < -0.39 is 24.3 Å². The molecule has 5 rings (SSSR count). The van der Waals surface area contributed by atoms with Crippen LogP contribution in [-0.2, 0) is 9.59 Å². The quantitative estimate of drug-likeness (QED) is 0.620. The maximum absolute atomic E-state index is 12.5. The highest BCUT2D eigenvalue weighted by Gasteiger charge is 2.36. The monoisotopic (exact) mass is 416 g/mol. The van der Waals surface area contributed by atoms with Crippen molar-refractivity contribution in [1.29, 1.82) is 0 Å². The van der Waals surface area contributed by atoms with Crippen molar-refractivity contribution < 1.29 is 19.2 Å². The minimum absolute atomic E-state index is 0.0280. The fraction of sp³-hybridized carbons (Fsp3) is 0.143. The van der Waals surface area contributed by atoms with Gasteiger partial charge in [-0.3, -0.25) is 34.7 Å². The third-order valence-electron chi connectivity index (χ3n) is 5.17. The molecule has 2 aromatic carbocycles. The Morgan fingerprint density at radius 1 is 1.00 bits per heavy atom. The summed E-state index contributed by atoms with van der Waals surface area (Å²) in [6, 6.07) is 15.4. The van der Waals surface area contributed by atoms with Gasteiger partial charge >= 0.3 is 0 Å². The van der Waals surface area contributed by atoms with E-state index >= 15 is 0 Å². The van der Waals surface area contributed by atoms with Gasteiger partial charge in [-0.05, 0) is 17.7 Å². The minimum atomic E-state index is -0.625. The summed E-state index contributed by atoms with van der Waals surface area (Å²) in [5.74, 6) is -1.70. The van der Waals surface area contributed by atoms with Crippen LogP contribution in [0.5, 0.6) is 0 Å². The molecule has 0 aliphatic carbocycles. The molecule has 3 heterocycles. The molecule has 0 spiro atoms. The van der Waals surface area contributed by atoms with E-state index in [0.29, 0.717) is 0 Å². The molecule has 0 fully saturated rings. The topological polar surface area (TPSA) is 126 Å². The Balaban J connectivity index is 1.34. The average molecular weight is 416 g/mol. The zero-order valence-electron chi connectivity index (χ0n) is 16.1. The first-order chi connectivity index (χ1) is 15.0. The molecule has 10 nitrogen and oxygen atoms in total. The number of carbonyl (C=O) groups is 4. The Morgan fingerprint density at radius 2 is 1.65 bits per heavy atom. The Hall–Kier alpha value is -4.34. The number of imide groups is 1. The van der Waals surface area contributed by atoms with Crippen LogP contribution in [0.4, 0.5) is 11.9 Å². The maximum Gasteiger partial charge on any atom is 0.262 e. The fourth-order valence-corrected chi connectivity index (χ4v) is 3.74. The first-order valence-electron chi connectivity index (χ1n) is 9.57. The van der Waals surface area contributed by atoms with E-state index in [2.05, 4.69) is 20.7 Å². The zero-order chi connectivity index (χ0) is 21.5. The standard InChI is InChI=1S/C21H16N6O4/c28-16-10-15(12-6-2-1-3-7-12)27-21(23-16)24-20(25-27)22-17(29)11-26-18(30)13-8-4-5-9-14(13)19(26)31/h1-9,15H,10-11H2,(H2,22,23,24,25,28,29)/t15-/m0/s1. The lowest BCUT2D eigenvalue weighted by Gasteiger charge is -2.23. The highest BCUT2D eigenvalue weighted by Crippen LogP contribution is 2.29. The summed E-state index contributed by atoms with van der Waals surface area (Å²) in [7, 11) is 0. The van der Waals surface area contributed by atoms with Crippen LogP contribution in [0.2, 0.25) is 0 Å². The molecule has 10 heteroatoms. The highest BCUT2D eigenvalue weighted by atomic mass is 16.2. The van der Waals surface area contributed by atoms with Crippen molar-refractivity contribution in [2.75, 3.05) is 17.2 Å². The SMILES string of the molecule is O=C(CN1C(=O)c2ccccc2C1=O)Nc1nc2n(n1)[C@H](c1ccccc1)CC(=O)N2. The molecule has 2 N–H and O–H groups in total. The number of carbonyl (C=O) groups excluding carboxylic acids is 4. The third kappa shape index (κ3) is 3.23. The predicted octanol–water partition coefficient (Wildman–Crippen LogP) is 1.44. The first kappa shape index (κ1) is 18.7. The van der Waals surface area contributed by atoms with Crippen LogP contribution in [0.25, 0.3) is 0 Å². The number of benzene rings is 2. The van der Waals surface area contributed by atoms with E-state index in [9.17, 15) is 19.2 Å². The molecule has 1 atom stereocenters. The summed E-state index contributed by atoms with van der Waals surface area (Å²) < 4.78 is 1.54. The van der Waals surface area contributed by atoms with Gasteiger partial charge in [0, 0.05) is 0 Å². The summed E-state index contributed by atoms with van der Waals surface area (Å²) in [6.07, 6.45) is 0.183. The predicted molar refractivity (Wildman–Crippen MR) is 108 cm³/mol. The van der Waals surface area contributed by atoms with Crippen LogP contribution < -0.4 is 10.6 Å². The lowest BCUT2D eigenvalue weighted by atomic mass is 10.0. The fourth-order valence-electron chi connectivity index (χ4n) is 3.74. The summed E-state index contributed by atoms with van der Waals surface area (Å²) >= 11 is 0. The smallest absolute Gasteiger partial charge is 0.262 e. The molecular weight excluding hydrogens is 400 g/mol. The molecule has 0 saturated carbocycles. The number of hydrogen-bond acceptors (Lipinski definition) is 6. The van der Waals surface area contributed by atoms with Gasteiger partial charge in [-0.15, -0.1) is 5.10 Å². The number of anilines is 2. The van der Waals surface area contributed by atoms with Crippen LogP contribution in [0.15, 0.2) is 54.6 Å². The lowest BCUT2D eigenvalue weighted by molar-refractivity contribution is -0.117. The number of fused-ring (bicyclic) bond motifs is 2. The Kier molecular flexibility index (Phi) is 4.32. The van der Waals surface area contributed by atoms with Crippen molar-refractivity contribution in [2.45, 2.75) is 12.5 Å². The van der Waals surface area contributed by atoms with Gasteiger partial charge in [0.2, 0.25) is 17.8 Å². The van der Waals surface area contributed by atoms with Gasteiger partial charge in [0.25, 0.3) is 17.8 Å². The third-order valence-corrected chi connectivity index (χ3v) is 5.17. The van der Waals surface area contributed by atoms with E-state index in [1.807, 2.05) is 30.3 Å². The largest absolute Gasteiger partial charge is 0.295 e. The maximum atomic E-state index is 12.5. The van der Waals surface area contributed by atoms with Crippen LogP contribution >= 0.6 is 0 Å². The van der Waals surface area contributed by atoms with Gasteiger partial charge in [0.05, 0.1) is 23.6 Å². The summed E-state index contributed by atoms with van der Waals surface area (Å²) in [5.41, 5.74) is 1.42. The molecule has 31 heavy (non-hydrogen) atoms. The van der Waals surface area contributed by atoms with E-state index in [4.69, 9.17) is 0 Å². The molecule has 2 aliphatic heterocycles. The number of rotatable bonds is 4. The summed E-state index contributed by atoms with van der Waals surface area (Å²) in [5, 5.41) is 9.44. The van der Waals surface area contributed by atoms with Crippen LogP contribution in [-0.4, -0.2) is 49.8 Å². The van der Waals surface area contributed by atoms with E-state index in [-0.39, 0.29) is 41.4 Å². The minimum Gasteiger partial charge on any atom is -0.295 e. The highest BCUT2D eigenvalue weighted by molar-refractivity contribution is 6.22. The van der Waals surface area contributed by atoms with Gasteiger partial charge in [-0.25, -0.2) is 4.68 Å². The molecule has 0 radical (unpaired) electrons.